The molecule has 1 aliphatic rings. The van der Waals surface area contributed by atoms with Crippen molar-refractivity contribution in [2.45, 2.75) is 31.8 Å². The Morgan fingerprint density at radius 3 is 2.65 bits per heavy atom. The summed E-state index contributed by atoms with van der Waals surface area (Å²) < 4.78 is 12.5. The fourth-order valence-electron chi connectivity index (χ4n) is 3.26. The maximum atomic E-state index is 12.7. The standard InChI is InChI=1S/C18H25N5O3/c1-13(22-8-6-14(7-9-22)23-12-19-11-20-23)18(24)21-16-10-15(25-2)4-5-17(16)26-3/h4-5,10-14H,6-9H2,1-3H3,(H,21,24). The van der Waals surface area contributed by atoms with E-state index < -0.39 is 0 Å². The number of aromatic nitrogens is 3. The average molecular weight is 359 g/mol. The monoisotopic (exact) mass is 359 g/mol. The highest BCUT2D eigenvalue weighted by molar-refractivity contribution is 5.96. The van der Waals surface area contributed by atoms with Crippen molar-refractivity contribution >= 4 is 11.6 Å². The number of methoxy groups -OCH3 is 2. The van der Waals surface area contributed by atoms with Crippen molar-refractivity contribution in [3.05, 3.63) is 30.9 Å². The molecule has 0 spiro atoms. The van der Waals surface area contributed by atoms with Crippen LogP contribution in [0, 0.1) is 0 Å². The van der Waals surface area contributed by atoms with Gasteiger partial charge < -0.3 is 14.8 Å². The van der Waals surface area contributed by atoms with E-state index in [2.05, 4.69) is 20.3 Å². The van der Waals surface area contributed by atoms with Gasteiger partial charge in [0, 0.05) is 19.2 Å². The Bertz CT molecular complexity index is 726. The molecule has 1 aromatic heterocycles. The molecule has 0 saturated carbocycles. The average Bonchev–Trinajstić information content (AvgIpc) is 3.22. The normalized spacial score (nSPS) is 16.9. The zero-order valence-electron chi connectivity index (χ0n) is 15.4. The second kappa shape index (κ2) is 8.18. The second-order valence-corrected chi connectivity index (χ2v) is 6.37. The molecule has 1 aliphatic heterocycles. The molecule has 1 fully saturated rings. The molecular formula is C18H25N5O3. The van der Waals surface area contributed by atoms with Crippen LogP contribution in [0.1, 0.15) is 25.8 Å². The van der Waals surface area contributed by atoms with E-state index in [-0.39, 0.29) is 11.9 Å². The molecule has 3 rings (SSSR count). The van der Waals surface area contributed by atoms with Gasteiger partial charge in [-0.05, 0) is 31.9 Å². The summed E-state index contributed by atoms with van der Waals surface area (Å²) in [5.41, 5.74) is 0.612. The van der Waals surface area contributed by atoms with Crippen molar-refractivity contribution in [2.24, 2.45) is 0 Å². The van der Waals surface area contributed by atoms with Gasteiger partial charge in [0.2, 0.25) is 5.91 Å². The number of anilines is 1. The number of piperidine rings is 1. The Morgan fingerprint density at radius 2 is 2.04 bits per heavy atom. The molecule has 8 nitrogen and oxygen atoms in total. The number of ether oxygens (including phenoxy) is 2. The van der Waals surface area contributed by atoms with E-state index in [9.17, 15) is 4.79 Å². The first-order valence-electron chi connectivity index (χ1n) is 8.73. The molecule has 2 aromatic rings. The maximum absolute atomic E-state index is 12.7. The lowest BCUT2D eigenvalue weighted by atomic mass is 10.0. The third-order valence-corrected chi connectivity index (χ3v) is 4.90. The van der Waals surface area contributed by atoms with Crippen LogP contribution in [0.5, 0.6) is 11.5 Å². The second-order valence-electron chi connectivity index (χ2n) is 6.37. The minimum Gasteiger partial charge on any atom is -0.497 e. The molecule has 1 unspecified atom stereocenters. The summed E-state index contributed by atoms with van der Waals surface area (Å²) in [6.07, 6.45) is 5.21. The van der Waals surface area contributed by atoms with Crippen LogP contribution in [0.2, 0.25) is 0 Å². The zero-order valence-corrected chi connectivity index (χ0v) is 15.4. The van der Waals surface area contributed by atoms with Crippen LogP contribution < -0.4 is 14.8 Å². The predicted octanol–water partition coefficient (Wildman–Crippen LogP) is 1.96. The highest BCUT2D eigenvalue weighted by Gasteiger charge is 2.28. The number of amides is 1. The van der Waals surface area contributed by atoms with Gasteiger partial charge in [0.05, 0.1) is 32.0 Å². The van der Waals surface area contributed by atoms with Crippen molar-refractivity contribution in [1.29, 1.82) is 0 Å². The van der Waals surface area contributed by atoms with E-state index in [0.29, 0.717) is 23.2 Å². The summed E-state index contributed by atoms with van der Waals surface area (Å²) in [6, 6.07) is 5.46. The fraction of sp³-hybridized carbons (Fsp3) is 0.500. The number of benzene rings is 1. The summed E-state index contributed by atoms with van der Waals surface area (Å²) in [5.74, 6) is 1.22. The van der Waals surface area contributed by atoms with Crippen molar-refractivity contribution in [3.63, 3.8) is 0 Å². The predicted molar refractivity (Wildman–Crippen MR) is 97.5 cm³/mol. The maximum Gasteiger partial charge on any atom is 0.241 e. The lowest BCUT2D eigenvalue weighted by Gasteiger charge is -2.35. The smallest absolute Gasteiger partial charge is 0.241 e. The Hall–Kier alpha value is -2.61. The van der Waals surface area contributed by atoms with Gasteiger partial charge in [-0.1, -0.05) is 0 Å². The number of rotatable bonds is 6. The third kappa shape index (κ3) is 3.96. The zero-order chi connectivity index (χ0) is 18.5. The molecule has 1 aromatic carbocycles. The van der Waals surface area contributed by atoms with Crippen LogP contribution in [0.4, 0.5) is 5.69 Å². The minimum absolute atomic E-state index is 0.0595. The fourth-order valence-corrected chi connectivity index (χ4v) is 3.26. The van der Waals surface area contributed by atoms with E-state index in [1.54, 1.807) is 45.1 Å². The summed E-state index contributed by atoms with van der Waals surface area (Å²) in [7, 11) is 3.17. The van der Waals surface area contributed by atoms with Gasteiger partial charge in [-0.2, -0.15) is 5.10 Å². The van der Waals surface area contributed by atoms with Crippen LogP contribution in [-0.2, 0) is 4.79 Å². The van der Waals surface area contributed by atoms with Crippen LogP contribution in [0.15, 0.2) is 30.9 Å². The first kappa shape index (κ1) is 18.2. The summed E-state index contributed by atoms with van der Waals surface area (Å²) in [6.45, 7) is 3.61. The van der Waals surface area contributed by atoms with Crippen LogP contribution in [-0.4, -0.2) is 58.9 Å². The van der Waals surface area contributed by atoms with Crippen LogP contribution >= 0.6 is 0 Å². The van der Waals surface area contributed by atoms with E-state index in [4.69, 9.17) is 9.47 Å². The van der Waals surface area contributed by atoms with E-state index in [1.807, 2.05) is 11.6 Å². The summed E-state index contributed by atoms with van der Waals surface area (Å²) >= 11 is 0. The Kier molecular flexibility index (Phi) is 5.72. The van der Waals surface area contributed by atoms with Crippen LogP contribution in [0.3, 0.4) is 0 Å². The molecule has 0 bridgehead atoms. The lowest BCUT2D eigenvalue weighted by molar-refractivity contribution is -0.121. The number of nitrogens with zero attached hydrogens (tertiary/aromatic N) is 4. The van der Waals surface area contributed by atoms with Crippen molar-refractivity contribution in [2.75, 3.05) is 32.6 Å². The molecule has 1 saturated heterocycles. The first-order valence-corrected chi connectivity index (χ1v) is 8.73. The van der Waals surface area contributed by atoms with Gasteiger partial charge >= 0.3 is 0 Å². The van der Waals surface area contributed by atoms with Crippen LogP contribution in [0.25, 0.3) is 0 Å². The molecule has 0 radical (unpaired) electrons. The SMILES string of the molecule is COc1ccc(OC)c(NC(=O)C(C)N2CCC(n3cncn3)CC2)c1. The number of hydrogen-bond acceptors (Lipinski definition) is 6. The number of carbonyl (C=O) groups excluding carboxylic acids is 1. The third-order valence-electron chi connectivity index (χ3n) is 4.90. The molecular weight excluding hydrogens is 334 g/mol. The number of nitrogens with one attached hydrogen (secondary N) is 1. The Morgan fingerprint density at radius 1 is 1.27 bits per heavy atom. The lowest BCUT2D eigenvalue weighted by Crippen LogP contribution is -2.46. The highest BCUT2D eigenvalue weighted by Crippen LogP contribution is 2.29. The van der Waals surface area contributed by atoms with E-state index >= 15 is 0 Å². The molecule has 2 heterocycles. The number of carbonyl (C=O) groups is 1. The molecule has 1 amide bonds. The highest BCUT2D eigenvalue weighted by atomic mass is 16.5. The van der Waals surface area contributed by atoms with Crippen molar-refractivity contribution in [1.82, 2.24) is 19.7 Å². The molecule has 1 atom stereocenters. The van der Waals surface area contributed by atoms with E-state index in [0.717, 1.165) is 25.9 Å². The van der Waals surface area contributed by atoms with Gasteiger partial charge in [-0.25, -0.2) is 9.67 Å². The largest absolute Gasteiger partial charge is 0.497 e. The van der Waals surface area contributed by atoms with Gasteiger partial charge in [0.15, 0.2) is 0 Å². The number of likely N-dealkylation sites (tertiary alicyclic amines) is 1. The molecule has 0 aliphatic carbocycles. The quantitative estimate of drug-likeness (QED) is 0.849. The minimum atomic E-state index is -0.234. The van der Waals surface area contributed by atoms with Gasteiger partial charge in [0.1, 0.15) is 24.2 Å². The summed E-state index contributed by atoms with van der Waals surface area (Å²) in [5, 5.41) is 7.18. The van der Waals surface area contributed by atoms with Gasteiger partial charge in [-0.3, -0.25) is 9.69 Å². The topological polar surface area (TPSA) is 81.5 Å². The van der Waals surface area contributed by atoms with Gasteiger partial charge in [-0.15, -0.1) is 0 Å². The molecule has 1 N–H and O–H groups in total. The van der Waals surface area contributed by atoms with E-state index in [1.165, 1.54) is 0 Å². The molecule has 26 heavy (non-hydrogen) atoms. The first-order chi connectivity index (χ1) is 12.6. The Balaban J connectivity index is 1.60. The molecule has 8 heteroatoms. The Labute approximate surface area is 153 Å². The van der Waals surface area contributed by atoms with Crippen molar-refractivity contribution in [3.8, 4) is 11.5 Å². The van der Waals surface area contributed by atoms with Crippen molar-refractivity contribution < 1.29 is 14.3 Å². The molecule has 140 valence electrons. The summed E-state index contributed by atoms with van der Waals surface area (Å²) in [4.78, 5) is 18.9. The van der Waals surface area contributed by atoms with Gasteiger partial charge in [0.25, 0.3) is 0 Å². The number of hydrogen-bond donors (Lipinski definition) is 1.